The van der Waals surface area contributed by atoms with Crippen molar-refractivity contribution in [3.05, 3.63) is 52.5 Å². The quantitative estimate of drug-likeness (QED) is 0.751. The monoisotopic (exact) mass is 409 g/mol. The lowest BCUT2D eigenvalue weighted by molar-refractivity contribution is 0.0792. The van der Waals surface area contributed by atoms with E-state index in [0.29, 0.717) is 22.7 Å². The van der Waals surface area contributed by atoms with E-state index in [-0.39, 0.29) is 34.8 Å². The first-order valence-corrected chi connectivity index (χ1v) is 8.71. The van der Waals surface area contributed by atoms with Crippen LogP contribution >= 0.6 is 24.0 Å². The molecule has 8 heteroatoms. The number of halogens is 2. The van der Waals surface area contributed by atoms with Crippen LogP contribution in [0.25, 0.3) is 0 Å². The third kappa shape index (κ3) is 4.64. The van der Waals surface area contributed by atoms with Gasteiger partial charge in [-0.25, -0.2) is 0 Å². The lowest BCUT2D eigenvalue weighted by Crippen LogP contribution is -2.27. The second-order valence-corrected chi connectivity index (χ2v) is 6.51. The summed E-state index contributed by atoms with van der Waals surface area (Å²) in [7, 11) is 1.46. The lowest BCUT2D eigenvalue weighted by atomic mass is 10.1. The van der Waals surface area contributed by atoms with Gasteiger partial charge in [0.2, 0.25) is 0 Å². The summed E-state index contributed by atoms with van der Waals surface area (Å²) in [6.07, 6.45) is 2.09. The molecule has 0 saturated carbocycles. The molecule has 0 aromatic heterocycles. The van der Waals surface area contributed by atoms with Crippen LogP contribution in [0.15, 0.2) is 36.4 Å². The van der Waals surface area contributed by atoms with Gasteiger partial charge in [-0.2, -0.15) is 0 Å². The van der Waals surface area contributed by atoms with Gasteiger partial charge in [-0.3, -0.25) is 9.59 Å². The Kier molecular flexibility index (Phi) is 6.93. The molecule has 2 aromatic rings. The molecule has 1 saturated heterocycles. The van der Waals surface area contributed by atoms with Gasteiger partial charge in [0.15, 0.2) is 0 Å². The van der Waals surface area contributed by atoms with Crippen molar-refractivity contribution < 1.29 is 14.3 Å². The molecule has 3 rings (SSSR count). The normalized spacial score (nSPS) is 13.0. The number of rotatable bonds is 4. The summed E-state index contributed by atoms with van der Waals surface area (Å²) in [5.74, 6) is -0.0139. The van der Waals surface area contributed by atoms with Crippen LogP contribution < -0.4 is 15.8 Å². The third-order valence-electron chi connectivity index (χ3n) is 4.35. The van der Waals surface area contributed by atoms with E-state index in [4.69, 9.17) is 22.1 Å². The first-order valence-electron chi connectivity index (χ1n) is 8.33. The van der Waals surface area contributed by atoms with E-state index < -0.39 is 0 Å². The van der Waals surface area contributed by atoms with Gasteiger partial charge in [0.25, 0.3) is 11.8 Å². The fourth-order valence-electron chi connectivity index (χ4n) is 2.91. The van der Waals surface area contributed by atoms with Crippen LogP contribution in [0, 0.1) is 0 Å². The zero-order valence-electron chi connectivity index (χ0n) is 14.8. The number of carbonyl (C=O) groups is 2. The predicted octanol–water partition coefficient (Wildman–Crippen LogP) is 3.84. The maximum absolute atomic E-state index is 12.5. The zero-order chi connectivity index (χ0) is 18.7. The third-order valence-corrected chi connectivity index (χ3v) is 4.67. The number of nitrogen functional groups attached to an aromatic ring is 1. The smallest absolute Gasteiger partial charge is 0.259 e. The highest BCUT2D eigenvalue weighted by atomic mass is 35.5. The molecular formula is C19H21Cl2N3O3. The Labute approximate surface area is 169 Å². The molecule has 3 N–H and O–H groups in total. The summed E-state index contributed by atoms with van der Waals surface area (Å²) in [6.45, 7) is 1.60. The van der Waals surface area contributed by atoms with Gasteiger partial charge in [0.05, 0.1) is 23.4 Å². The number of carbonyl (C=O) groups excluding carboxylic acids is 2. The average Bonchev–Trinajstić information content (AvgIpc) is 3.18. The fourth-order valence-corrected chi connectivity index (χ4v) is 3.08. The standard InChI is InChI=1S/C19H20ClN3O3.ClH/c1-26-17-11-16(21)15(20)10-14(17)18(24)22-13-6-4-12(5-7-13)19(25)23-8-2-3-9-23;/h4-7,10-11H,2-3,8-9,21H2,1H3,(H,22,24);1H. The maximum Gasteiger partial charge on any atom is 0.259 e. The number of nitrogens with zero attached hydrogens (tertiary/aromatic N) is 1. The van der Waals surface area contributed by atoms with Gasteiger partial charge >= 0.3 is 0 Å². The molecule has 1 aliphatic heterocycles. The van der Waals surface area contributed by atoms with Crippen LogP contribution in [-0.2, 0) is 0 Å². The van der Waals surface area contributed by atoms with Crippen molar-refractivity contribution >= 4 is 47.2 Å². The number of anilines is 2. The average molecular weight is 410 g/mol. The Balaban J connectivity index is 0.00000261. The van der Waals surface area contributed by atoms with Crippen molar-refractivity contribution in [1.82, 2.24) is 4.90 Å². The molecule has 0 radical (unpaired) electrons. The molecular weight excluding hydrogens is 389 g/mol. The van der Waals surface area contributed by atoms with E-state index in [9.17, 15) is 9.59 Å². The first kappa shape index (κ1) is 20.9. The van der Waals surface area contributed by atoms with Crippen LogP contribution in [0.3, 0.4) is 0 Å². The number of nitrogens with one attached hydrogen (secondary N) is 1. The highest BCUT2D eigenvalue weighted by Gasteiger charge is 2.20. The van der Waals surface area contributed by atoms with Crippen LogP contribution in [-0.4, -0.2) is 36.9 Å². The first-order chi connectivity index (χ1) is 12.5. The Hall–Kier alpha value is -2.44. The maximum atomic E-state index is 12.5. The second kappa shape index (κ2) is 8.97. The minimum Gasteiger partial charge on any atom is -0.496 e. The number of nitrogens with two attached hydrogens (primary N) is 1. The molecule has 6 nitrogen and oxygen atoms in total. The second-order valence-electron chi connectivity index (χ2n) is 6.10. The molecule has 0 aliphatic carbocycles. The van der Waals surface area contributed by atoms with Gasteiger partial charge in [-0.1, -0.05) is 11.6 Å². The van der Waals surface area contributed by atoms with Crippen molar-refractivity contribution in [1.29, 1.82) is 0 Å². The number of hydrogen-bond acceptors (Lipinski definition) is 4. The summed E-state index contributed by atoms with van der Waals surface area (Å²) in [5, 5.41) is 3.05. The molecule has 27 heavy (non-hydrogen) atoms. The Morgan fingerprint density at radius 1 is 1.15 bits per heavy atom. The van der Waals surface area contributed by atoms with Gasteiger partial charge in [-0.15, -0.1) is 12.4 Å². The molecule has 0 bridgehead atoms. The van der Waals surface area contributed by atoms with Crippen LogP contribution in [0.5, 0.6) is 5.75 Å². The lowest BCUT2D eigenvalue weighted by Gasteiger charge is -2.15. The molecule has 0 unspecified atom stereocenters. The molecule has 0 spiro atoms. The van der Waals surface area contributed by atoms with Crippen LogP contribution in [0.1, 0.15) is 33.6 Å². The fraction of sp³-hybridized carbons (Fsp3) is 0.263. The van der Waals surface area contributed by atoms with E-state index in [1.807, 2.05) is 4.90 Å². The number of amides is 2. The molecule has 0 atom stereocenters. The SMILES string of the molecule is COc1cc(N)c(Cl)cc1C(=O)Nc1ccc(C(=O)N2CCCC2)cc1.Cl. The Morgan fingerprint density at radius 3 is 2.37 bits per heavy atom. The summed E-state index contributed by atoms with van der Waals surface area (Å²) in [6, 6.07) is 9.80. The molecule has 1 fully saturated rings. The minimum absolute atomic E-state index is 0. The Bertz CT molecular complexity index is 835. The van der Waals surface area contributed by atoms with E-state index in [1.165, 1.54) is 19.2 Å². The van der Waals surface area contributed by atoms with Gasteiger partial charge in [0, 0.05) is 30.4 Å². The van der Waals surface area contributed by atoms with Crippen molar-refractivity contribution in [2.75, 3.05) is 31.2 Å². The number of ether oxygens (including phenoxy) is 1. The van der Waals surface area contributed by atoms with E-state index in [2.05, 4.69) is 5.32 Å². The highest BCUT2D eigenvalue weighted by Crippen LogP contribution is 2.29. The van der Waals surface area contributed by atoms with Crippen molar-refractivity contribution in [2.24, 2.45) is 0 Å². The molecule has 1 aliphatic rings. The van der Waals surface area contributed by atoms with E-state index >= 15 is 0 Å². The highest BCUT2D eigenvalue weighted by molar-refractivity contribution is 6.33. The molecule has 2 aromatic carbocycles. The number of hydrogen-bond donors (Lipinski definition) is 2. The topological polar surface area (TPSA) is 84.7 Å². The number of benzene rings is 2. The predicted molar refractivity (Wildman–Crippen MR) is 109 cm³/mol. The van der Waals surface area contributed by atoms with Gasteiger partial charge in [-0.05, 0) is 43.2 Å². The van der Waals surface area contributed by atoms with Gasteiger partial charge in [0.1, 0.15) is 5.75 Å². The van der Waals surface area contributed by atoms with Crippen molar-refractivity contribution in [2.45, 2.75) is 12.8 Å². The molecule has 144 valence electrons. The van der Waals surface area contributed by atoms with Crippen LogP contribution in [0.4, 0.5) is 11.4 Å². The summed E-state index contributed by atoms with van der Waals surface area (Å²) >= 11 is 6.00. The number of methoxy groups -OCH3 is 1. The molecule has 2 amide bonds. The summed E-state index contributed by atoms with van der Waals surface area (Å²) in [4.78, 5) is 26.7. The summed E-state index contributed by atoms with van der Waals surface area (Å²) < 4.78 is 5.20. The van der Waals surface area contributed by atoms with Crippen molar-refractivity contribution in [3.8, 4) is 5.75 Å². The van der Waals surface area contributed by atoms with E-state index in [1.54, 1.807) is 24.3 Å². The summed E-state index contributed by atoms with van der Waals surface area (Å²) in [5.41, 5.74) is 7.54. The largest absolute Gasteiger partial charge is 0.496 e. The van der Waals surface area contributed by atoms with E-state index in [0.717, 1.165) is 25.9 Å². The Morgan fingerprint density at radius 2 is 1.78 bits per heavy atom. The van der Waals surface area contributed by atoms with Crippen molar-refractivity contribution in [3.63, 3.8) is 0 Å². The minimum atomic E-state index is -0.373. The van der Waals surface area contributed by atoms with Crippen LogP contribution in [0.2, 0.25) is 5.02 Å². The number of likely N-dealkylation sites (tertiary alicyclic amines) is 1. The zero-order valence-corrected chi connectivity index (χ0v) is 16.4. The molecule has 1 heterocycles. The van der Waals surface area contributed by atoms with Gasteiger partial charge < -0.3 is 20.7 Å².